The molecule has 0 saturated heterocycles. The molecule has 4 rings (SSSR count). The number of hydrogen-bond acceptors (Lipinski definition) is 4. The lowest BCUT2D eigenvalue weighted by Gasteiger charge is -2.09. The van der Waals surface area contributed by atoms with Gasteiger partial charge in [0, 0.05) is 4.70 Å². The third kappa shape index (κ3) is 2.85. The Bertz CT molecular complexity index is 1180. The van der Waals surface area contributed by atoms with Crippen molar-refractivity contribution in [3.05, 3.63) is 64.3 Å². The normalized spacial score (nSPS) is 13.3. The van der Waals surface area contributed by atoms with Crippen LogP contribution in [0.4, 0.5) is 0 Å². The predicted octanol–water partition coefficient (Wildman–Crippen LogP) is 4.30. The third-order valence-corrected chi connectivity index (χ3v) is 6.25. The average molecular weight is 382 g/mol. The molecule has 1 unspecified atom stereocenters. The summed E-state index contributed by atoms with van der Waals surface area (Å²) in [6, 6.07) is 16.2. The number of carboxylic acids is 1. The molecule has 130 valence electrons. The van der Waals surface area contributed by atoms with Crippen molar-refractivity contribution in [1.82, 2.24) is 4.57 Å². The van der Waals surface area contributed by atoms with E-state index in [0.29, 0.717) is 9.68 Å². The lowest BCUT2D eigenvalue weighted by atomic mass is 10.2. The largest absolute Gasteiger partial charge is 0.480 e. The maximum atomic E-state index is 12.7. The number of thiazole rings is 1. The first-order valence-electron chi connectivity index (χ1n) is 7.95. The summed E-state index contributed by atoms with van der Waals surface area (Å²) < 4.78 is 3.52. The number of carboxylic acid groups (broad SMARTS) is 1. The number of hydrogen-bond donors (Lipinski definition) is 1. The van der Waals surface area contributed by atoms with Crippen molar-refractivity contribution in [1.29, 1.82) is 0 Å². The van der Waals surface area contributed by atoms with Crippen LogP contribution in [0.25, 0.3) is 20.3 Å². The molecule has 0 aliphatic rings. The number of amides is 1. The Morgan fingerprint density at radius 2 is 1.73 bits per heavy atom. The Morgan fingerprint density at radius 3 is 2.46 bits per heavy atom. The van der Waals surface area contributed by atoms with Crippen LogP contribution in [0.3, 0.4) is 0 Å². The van der Waals surface area contributed by atoms with Crippen molar-refractivity contribution in [2.45, 2.75) is 13.0 Å². The van der Waals surface area contributed by atoms with Gasteiger partial charge in [-0.15, -0.1) is 11.3 Å². The van der Waals surface area contributed by atoms with Crippen molar-refractivity contribution in [3.63, 3.8) is 0 Å². The molecule has 0 saturated carbocycles. The van der Waals surface area contributed by atoms with Gasteiger partial charge in [0.1, 0.15) is 6.04 Å². The zero-order valence-corrected chi connectivity index (χ0v) is 15.4. The number of aliphatic carboxylic acids is 1. The van der Waals surface area contributed by atoms with E-state index in [9.17, 15) is 14.7 Å². The Balaban J connectivity index is 1.88. The number of nitrogens with zero attached hydrogens (tertiary/aromatic N) is 2. The summed E-state index contributed by atoms with van der Waals surface area (Å²) in [6.07, 6.45) is 0. The van der Waals surface area contributed by atoms with Crippen molar-refractivity contribution in [3.8, 4) is 0 Å². The van der Waals surface area contributed by atoms with Crippen LogP contribution in [0.5, 0.6) is 0 Å². The number of aromatic nitrogens is 1. The lowest BCUT2D eigenvalue weighted by Crippen LogP contribution is -2.25. The fourth-order valence-corrected chi connectivity index (χ4v) is 4.83. The standard InChI is InChI=1S/C19H14N2O3S2/c1-11(18(23)24)21-13-7-3-5-9-15(13)26-19(21)20-17(22)16-10-12-6-2-4-8-14(12)25-16/h2-11H,1H3,(H,23,24)/b20-19+. The Kier molecular flexibility index (Phi) is 4.18. The molecule has 2 aromatic heterocycles. The molecular formula is C19H14N2O3S2. The van der Waals surface area contributed by atoms with E-state index in [1.54, 1.807) is 11.5 Å². The second kappa shape index (κ2) is 6.51. The van der Waals surface area contributed by atoms with Gasteiger partial charge in [-0.2, -0.15) is 4.99 Å². The topological polar surface area (TPSA) is 71.7 Å². The molecule has 0 spiro atoms. The highest BCUT2D eigenvalue weighted by atomic mass is 32.1. The van der Waals surface area contributed by atoms with Gasteiger partial charge >= 0.3 is 5.97 Å². The van der Waals surface area contributed by atoms with Gasteiger partial charge in [0.05, 0.1) is 15.1 Å². The number of carbonyl (C=O) groups excluding carboxylic acids is 1. The van der Waals surface area contributed by atoms with Gasteiger partial charge in [0.25, 0.3) is 5.91 Å². The van der Waals surface area contributed by atoms with E-state index in [1.165, 1.54) is 22.7 Å². The minimum Gasteiger partial charge on any atom is -0.480 e. The summed E-state index contributed by atoms with van der Waals surface area (Å²) in [5, 5.41) is 10.4. The van der Waals surface area contributed by atoms with Crippen LogP contribution in [0.1, 0.15) is 22.6 Å². The Hall–Kier alpha value is -2.77. The minimum atomic E-state index is -0.968. The second-order valence-corrected chi connectivity index (χ2v) is 7.89. The van der Waals surface area contributed by atoms with Crippen molar-refractivity contribution in [2.75, 3.05) is 0 Å². The molecule has 5 nitrogen and oxygen atoms in total. The quantitative estimate of drug-likeness (QED) is 0.574. The second-order valence-electron chi connectivity index (χ2n) is 5.80. The maximum Gasteiger partial charge on any atom is 0.326 e. The van der Waals surface area contributed by atoms with E-state index in [1.807, 2.05) is 54.6 Å². The summed E-state index contributed by atoms with van der Waals surface area (Å²) >= 11 is 2.70. The number of thiophene rings is 1. The SMILES string of the molecule is CC(C(=O)O)n1/c(=N\C(=O)c2cc3ccccc3s2)sc2ccccc21. The van der Waals surface area contributed by atoms with E-state index in [-0.39, 0.29) is 5.91 Å². The van der Waals surface area contributed by atoms with Crippen LogP contribution in [0.15, 0.2) is 59.6 Å². The smallest absolute Gasteiger partial charge is 0.326 e. The van der Waals surface area contributed by atoms with Gasteiger partial charge in [-0.1, -0.05) is 41.7 Å². The molecule has 2 aromatic carbocycles. The van der Waals surface area contributed by atoms with E-state index in [0.717, 1.165) is 20.3 Å². The van der Waals surface area contributed by atoms with E-state index in [4.69, 9.17) is 0 Å². The van der Waals surface area contributed by atoms with Crippen LogP contribution in [0.2, 0.25) is 0 Å². The minimum absolute atomic E-state index is 0.357. The fraction of sp³-hybridized carbons (Fsp3) is 0.105. The average Bonchev–Trinajstić information content (AvgIpc) is 3.22. The van der Waals surface area contributed by atoms with E-state index < -0.39 is 12.0 Å². The molecule has 0 aliphatic heterocycles. The van der Waals surface area contributed by atoms with Gasteiger partial charge in [0.15, 0.2) is 4.80 Å². The summed E-state index contributed by atoms with van der Waals surface area (Å²) in [5.74, 6) is -1.33. The highest BCUT2D eigenvalue weighted by Crippen LogP contribution is 2.26. The van der Waals surface area contributed by atoms with Gasteiger partial charge in [-0.25, -0.2) is 4.79 Å². The van der Waals surface area contributed by atoms with E-state index in [2.05, 4.69) is 4.99 Å². The maximum absolute atomic E-state index is 12.7. The van der Waals surface area contributed by atoms with Gasteiger partial charge in [-0.3, -0.25) is 4.79 Å². The predicted molar refractivity (Wildman–Crippen MR) is 104 cm³/mol. The molecule has 4 aromatic rings. The zero-order valence-electron chi connectivity index (χ0n) is 13.7. The van der Waals surface area contributed by atoms with E-state index >= 15 is 0 Å². The van der Waals surface area contributed by atoms with Gasteiger partial charge in [0.2, 0.25) is 0 Å². The molecule has 0 fully saturated rings. The number of carbonyl (C=O) groups is 2. The van der Waals surface area contributed by atoms with Crippen LogP contribution in [0, 0.1) is 0 Å². The third-order valence-electron chi connectivity index (χ3n) is 4.11. The summed E-state index contributed by atoms with van der Waals surface area (Å²) in [7, 11) is 0. The first-order chi connectivity index (χ1) is 12.5. The number of para-hydroxylation sites is 1. The molecule has 1 atom stereocenters. The van der Waals surface area contributed by atoms with Crippen molar-refractivity contribution in [2.24, 2.45) is 4.99 Å². The number of benzene rings is 2. The lowest BCUT2D eigenvalue weighted by molar-refractivity contribution is -0.140. The zero-order chi connectivity index (χ0) is 18.3. The molecule has 0 aliphatic carbocycles. The molecule has 2 heterocycles. The highest BCUT2D eigenvalue weighted by molar-refractivity contribution is 7.20. The molecule has 1 amide bonds. The van der Waals surface area contributed by atoms with Gasteiger partial charge in [-0.05, 0) is 36.6 Å². The fourth-order valence-electron chi connectivity index (χ4n) is 2.78. The summed E-state index contributed by atoms with van der Waals surface area (Å²) in [5.41, 5.74) is 0.760. The number of rotatable bonds is 3. The van der Waals surface area contributed by atoms with Gasteiger partial charge < -0.3 is 9.67 Å². The highest BCUT2D eigenvalue weighted by Gasteiger charge is 2.19. The number of fused-ring (bicyclic) bond motifs is 2. The molecule has 0 radical (unpaired) electrons. The molecule has 7 heteroatoms. The summed E-state index contributed by atoms with van der Waals surface area (Å²) in [4.78, 5) is 29.4. The molecule has 1 N–H and O–H groups in total. The van der Waals surface area contributed by atoms with Crippen LogP contribution < -0.4 is 4.80 Å². The summed E-state index contributed by atoms with van der Waals surface area (Å²) in [6.45, 7) is 1.59. The van der Waals surface area contributed by atoms with Crippen LogP contribution >= 0.6 is 22.7 Å². The monoisotopic (exact) mass is 382 g/mol. The molecular weight excluding hydrogens is 368 g/mol. The van der Waals surface area contributed by atoms with Crippen LogP contribution in [-0.4, -0.2) is 21.6 Å². The van der Waals surface area contributed by atoms with Crippen molar-refractivity contribution < 1.29 is 14.7 Å². The Morgan fingerprint density at radius 1 is 1.04 bits per heavy atom. The molecule has 0 bridgehead atoms. The molecule has 26 heavy (non-hydrogen) atoms. The van der Waals surface area contributed by atoms with Crippen molar-refractivity contribution >= 4 is 54.9 Å². The first-order valence-corrected chi connectivity index (χ1v) is 9.58. The first kappa shape index (κ1) is 16.7. The Labute approximate surface area is 156 Å². The van der Waals surface area contributed by atoms with Crippen LogP contribution in [-0.2, 0) is 4.79 Å².